The van der Waals surface area contributed by atoms with E-state index in [1.165, 1.54) is 6.08 Å². The highest BCUT2D eigenvalue weighted by Crippen LogP contribution is 2.28. The fraction of sp³-hybridized carbons (Fsp3) is 0.200. The number of rotatable bonds is 7. The number of pyridine rings is 1. The molecule has 6 nitrogen and oxygen atoms in total. The lowest BCUT2D eigenvalue weighted by molar-refractivity contribution is -0.116. The molecule has 0 aliphatic heterocycles. The van der Waals surface area contributed by atoms with Gasteiger partial charge in [0.1, 0.15) is 5.65 Å². The maximum Gasteiger partial charge on any atom is 0.244 e. The van der Waals surface area contributed by atoms with Crippen molar-refractivity contribution in [2.45, 2.75) is 13.5 Å². The first-order valence-electron chi connectivity index (χ1n) is 8.49. The Morgan fingerprint density at radius 3 is 2.93 bits per heavy atom. The minimum Gasteiger partial charge on any atom is -0.493 e. The smallest absolute Gasteiger partial charge is 0.244 e. The summed E-state index contributed by atoms with van der Waals surface area (Å²) in [7, 11) is 1.58. The highest BCUT2D eigenvalue weighted by atomic mass is 35.5. The normalized spacial score (nSPS) is 11.1. The van der Waals surface area contributed by atoms with Gasteiger partial charge in [0.15, 0.2) is 11.5 Å². The number of halogens is 1. The van der Waals surface area contributed by atoms with Gasteiger partial charge in [0.05, 0.1) is 26.0 Å². The van der Waals surface area contributed by atoms with E-state index in [4.69, 9.17) is 21.1 Å². The number of ether oxygens (including phenoxy) is 2. The maximum absolute atomic E-state index is 12.1. The largest absolute Gasteiger partial charge is 0.493 e. The summed E-state index contributed by atoms with van der Waals surface area (Å²) >= 11 is 5.95. The average molecular weight is 386 g/mol. The van der Waals surface area contributed by atoms with Crippen molar-refractivity contribution in [3.05, 3.63) is 65.1 Å². The second-order valence-electron chi connectivity index (χ2n) is 5.74. The van der Waals surface area contributed by atoms with Crippen molar-refractivity contribution in [3.63, 3.8) is 0 Å². The zero-order valence-corrected chi connectivity index (χ0v) is 15.9. The van der Waals surface area contributed by atoms with Crippen LogP contribution in [-0.2, 0) is 11.3 Å². The third-order valence-electron chi connectivity index (χ3n) is 3.83. The van der Waals surface area contributed by atoms with Gasteiger partial charge >= 0.3 is 0 Å². The van der Waals surface area contributed by atoms with Crippen molar-refractivity contribution in [1.82, 2.24) is 14.7 Å². The van der Waals surface area contributed by atoms with Crippen LogP contribution in [0.1, 0.15) is 18.2 Å². The summed E-state index contributed by atoms with van der Waals surface area (Å²) in [4.78, 5) is 16.5. The second kappa shape index (κ2) is 8.60. The van der Waals surface area contributed by atoms with Crippen LogP contribution >= 0.6 is 11.6 Å². The van der Waals surface area contributed by atoms with E-state index >= 15 is 0 Å². The molecule has 1 amide bonds. The number of hydrogen-bond acceptors (Lipinski definition) is 4. The molecule has 3 rings (SSSR count). The molecule has 0 aliphatic carbocycles. The lowest BCUT2D eigenvalue weighted by Crippen LogP contribution is -2.20. The lowest BCUT2D eigenvalue weighted by Gasteiger charge is -2.09. The molecule has 1 aromatic carbocycles. The summed E-state index contributed by atoms with van der Waals surface area (Å²) in [6.07, 6.45) is 6.88. The van der Waals surface area contributed by atoms with Crippen molar-refractivity contribution in [2.75, 3.05) is 13.7 Å². The molecular formula is C20H20ClN3O3. The van der Waals surface area contributed by atoms with Gasteiger partial charge in [-0.1, -0.05) is 17.7 Å². The summed E-state index contributed by atoms with van der Waals surface area (Å²) in [6, 6.07) is 9.06. The predicted octanol–water partition coefficient (Wildman–Crippen LogP) is 3.72. The summed E-state index contributed by atoms with van der Waals surface area (Å²) in [5.74, 6) is 1.09. The molecule has 3 aromatic rings. The number of methoxy groups -OCH3 is 1. The number of carbonyl (C=O) groups excluding carboxylic acids is 1. The number of aromatic nitrogens is 2. The van der Waals surface area contributed by atoms with Crippen LogP contribution in [0, 0.1) is 0 Å². The number of carbonyl (C=O) groups is 1. The van der Waals surface area contributed by atoms with E-state index < -0.39 is 0 Å². The third kappa shape index (κ3) is 4.80. The van der Waals surface area contributed by atoms with Crippen LogP contribution in [0.4, 0.5) is 0 Å². The zero-order valence-electron chi connectivity index (χ0n) is 15.1. The molecular weight excluding hydrogens is 366 g/mol. The Kier molecular flexibility index (Phi) is 5.98. The topological polar surface area (TPSA) is 64.9 Å². The van der Waals surface area contributed by atoms with Crippen LogP contribution in [-0.4, -0.2) is 29.0 Å². The predicted molar refractivity (Wildman–Crippen MR) is 105 cm³/mol. The number of nitrogens with one attached hydrogen (secondary N) is 1. The molecule has 0 spiro atoms. The fourth-order valence-electron chi connectivity index (χ4n) is 2.57. The molecule has 0 radical (unpaired) electrons. The SMILES string of the molecule is CCOc1ccc(/C=C/C(=O)NCc2cn3ccc(Cl)cc3n2)cc1OC. The minimum absolute atomic E-state index is 0.210. The Morgan fingerprint density at radius 2 is 2.15 bits per heavy atom. The monoisotopic (exact) mass is 385 g/mol. The van der Waals surface area contributed by atoms with Gasteiger partial charge in [-0.2, -0.15) is 0 Å². The molecule has 0 saturated carbocycles. The van der Waals surface area contributed by atoms with E-state index in [1.54, 1.807) is 25.3 Å². The molecule has 140 valence electrons. The molecule has 2 heterocycles. The van der Waals surface area contributed by atoms with Crippen molar-refractivity contribution in [2.24, 2.45) is 0 Å². The second-order valence-corrected chi connectivity index (χ2v) is 6.17. The summed E-state index contributed by atoms with van der Waals surface area (Å²) in [6.45, 7) is 2.80. The van der Waals surface area contributed by atoms with Crippen LogP contribution in [0.2, 0.25) is 5.02 Å². The molecule has 1 N–H and O–H groups in total. The van der Waals surface area contributed by atoms with E-state index in [9.17, 15) is 4.79 Å². The Hall–Kier alpha value is -2.99. The van der Waals surface area contributed by atoms with E-state index in [1.807, 2.05) is 41.9 Å². The van der Waals surface area contributed by atoms with Crippen molar-refractivity contribution < 1.29 is 14.3 Å². The number of imidazole rings is 1. The maximum atomic E-state index is 12.1. The standard InChI is InChI=1S/C20H20ClN3O3/c1-3-27-17-6-4-14(10-18(17)26-2)5-7-20(25)22-12-16-13-24-9-8-15(21)11-19(24)23-16/h4-11,13H,3,12H2,1-2H3,(H,22,25)/b7-5+. The Bertz CT molecular complexity index is 982. The van der Waals surface area contributed by atoms with Gasteiger partial charge in [-0.3, -0.25) is 4.79 Å². The number of nitrogens with zero attached hydrogens (tertiary/aromatic N) is 2. The van der Waals surface area contributed by atoms with E-state index in [-0.39, 0.29) is 5.91 Å². The number of amides is 1. The third-order valence-corrected chi connectivity index (χ3v) is 4.07. The van der Waals surface area contributed by atoms with E-state index in [0.717, 1.165) is 16.9 Å². The minimum atomic E-state index is -0.210. The van der Waals surface area contributed by atoms with E-state index in [2.05, 4.69) is 10.3 Å². The molecule has 0 fully saturated rings. The first-order chi connectivity index (χ1) is 13.1. The van der Waals surface area contributed by atoms with Gasteiger partial charge in [0, 0.05) is 23.5 Å². The van der Waals surface area contributed by atoms with Gasteiger partial charge in [-0.25, -0.2) is 4.98 Å². The molecule has 2 aromatic heterocycles. The first-order valence-corrected chi connectivity index (χ1v) is 8.86. The van der Waals surface area contributed by atoms with Gasteiger partial charge in [-0.15, -0.1) is 0 Å². The Labute approximate surface area is 162 Å². The summed E-state index contributed by atoms with van der Waals surface area (Å²) < 4.78 is 12.6. The first kappa shape index (κ1) is 18.8. The van der Waals surface area contributed by atoms with Gasteiger partial charge in [0.25, 0.3) is 0 Å². The molecule has 27 heavy (non-hydrogen) atoms. The van der Waals surface area contributed by atoms with Gasteiger partial charge in [0.2, 0.25) is 5.91 Å². The summed E-state index contributed by atoms with van der Waals surface area (Å²) in [5.41, 5.74) is 2.33. The van der Waals surface area contributed by atoms with Crippen LogP contribution < -0.4 is 14.8 Å². The van der Waals surface area contributed by atoms with Crippen molar-refractivity contribution in [1.29, 1.82) is 0 Å². The molecule has 7 heteroatoms. The zero-order chi connectivity index (χ0) is 19.2. The fourth-order valence-corrected chi connectivity index (χ4v) is 2.72. The molecule has 0 aliphatic rings. The van der Waals surface area contributed by atoms with Crippen molar-refractivity contribution in [3.8, 4) is 11.5 Å². The van der Waals surface area contributed by atoms with E-state index in [0.29, 0.717) is 29.7 Å². The van der Waals surface area contributed by atoms with Crippen LogP contribution in [0.15, 0.2) is 48.8 Å². The van der Waals surface area contributed by atoms with Gasteiger partial charge in [-0.05, 0) is 42.8 Å². The highest BCUT2D eigenvalue weighted by Gasteiger charge is 2.05. The van der Waals surface area contributed by atoms with Crippen LogP contribution in [0.5, 0.6) is 11.5 Å². The number of benzene rings is 1. The molecule has 0 atom stereocenters. The summed E-state index contributed by atoms with van der Waals surface area (Å²) in [5, 5.41) is 3.44. The number of hydrogen-bond donors (Lipinski definition) is 1. The Morgan fingerprint density at radius 1 is 1.30 bits per heavy atom. The van der Waals surface area contributed by atoms with Crippen molar-refractivity contribution >= 4 is 29.2 Å². The average Bonchev–Trinajstić information content (AvgIpc) is 3.07. The van der Waals surface area contributed by atoms with Crippen LogP contribution in [0.25, 0.3) is 11.7 Å². The van der Waals surface area contributed by atoms with Gasteiger partial charge < -0.3 is 19.2 Å². The quantitative estimate of drug-likeness (QED) is 0.629. The highest BCUT2D eigenvalue weighted by molar-refractivity contribution is 6.30. The molecule has 0 saturated heterocycles. The molecule has 0 unspecified atom stereocenters. The number of fused-ring (bicyclic) bond motifs is 1. The Balaban J connectivity index is 1.61. The lowest BCUT2D eigenvalue weighted by atomic mass is 10.2. The van der Waals surface area contributed by atoms with Crippen LogP contribution in [0.3, 0.4) is 0 Å². The molecule has 0 bridgehead atoms.